The van der Waals surface area contributed by atoms with Crippen molar-refractivity contribution in [3.63, 3.8) is 0 Å². The van der Waals surface area contributed by atoms with Gasteiger partial charge in [0.1, 0.15) is 34.7 Å². The molecule has 4 rings (SSSR count). The summed E-state index contributed by atoms with van der Waals surface area (Å²) >= 11 is 0. The van der Waals surface area contributed by atoms with E-state index >= 15 is 0 Å². The van der Waals surface area contributed by atoms with Gasteiger partial charge in [-0.05, 0) is 26.0 Å². The number of ether oxygens (including phenoxy) is 5. The monoisotopic (exact) mass is 479 g/mol. The second-order valence-electron chi connectivity index (χ2n) is 7.70. The Kier molecular flexibility index (Phi) is 9.90. The van der Waals surface area contributed by atoms with Crippen LogP contribution in [0.3, 0.4) is 0 Å². The Morgan fingerprint density at radius 3 is 1.73 bits per heavy atom. The zero-order valence-electron chi connectivity index (χ0n) is 19.2. The van der Waals surface area contributed by atoms with Gasteiger partial charge in [-0.1, -0.05) is 24.3 Å². The SMILES string of the molecule is C[C@@H]1COCCOCCOC[C@@H](C)Oc2cccc3c(C(=O)[O-])c4cccc(c4nc23)O1.[K+]. The first-order chi connectivity index (χ1) is 15.5. The fourth-order valence-electron chi connectivity index (χ4n) is 3.68. The fourth-order valence-corrected chi connectivity index (χ4v) is 3.68. The van der Waals surface area contributed by atoms with E-state index in [9.17, 15) is 9.90 Å². The Morgan fingerprint density at radius 2 is 1.27 bits per heavy atom. The molecule has 0 fully saturated rings. The van der Waals surface area contributed by atoms with Gasteiger partial charge in [0, 0.05) is 16.3 Å². The van der Waals surface area contributed by atoms with Gasteiger partial charge in [-0.2, -0.15) is 0 Å². The Balaban J connectivity index is 0.00000306. The molecule has 0 aliphatic carbocycles. The van der Waals surface area contributed by atoms with E-state index in [1.54, 1.807) is 36.4 Å². The third-order valence-electron chi connectivity index (χ3n) is 5.07. The Labute approximate surface area is 234 Å². The molecule has 3 aromatic rings. The number of para-hydroxylation sites is 2. The standard InChI is InChI=1S/C24H27NO7.K/c1-15-13-29-11-9-28-10-12-30-14-16(2)32-20-8-4-6-18-21(24(26)27)17-5-3-7-19(31-15)22(17)25-23(18)20;/h3-8,15-16H,9-14H2,1-2H3,(H,26,27);/q;+1/p-1/t15-,16-;/m1./s1. The van der Waals surface area contributed by atoms with Crippen LogP contribution in [0.25, 0.3) is 21.8 Å². The number of hydrogen-bond acceptors (Lipinski definition) is 8. The number of carboxylic acids is 1. The molecule has 1 aliphatic rings. The number of rotatable bonds is 1. The van der Waals surface area contributed by atoms with Crippen LogP contribution in [0.2, 0.25) is 0 Å². The topological polar surface area (TPSA) is 99.2 Å². The van der Waals surface area contributed by atoms with Gasteiger partial charge in [-0.15, -0.1) is 0 Å². The van der Waals surface area contributed by atoms with Crippen LogP contribution >= 0.6 is 0 Å². The molecule has 2 atom stereocenters. The van der Waals surface area contributed by atoms with E-state index in [1.165, 1.54) is 0 Å². The van der Waals surface area contributed by atoms with Crippen LogP contribution in [-0.2, 0) is 14.2 Å². The predicted octanol–water partition coefficient (Wildman–Crippen LogP) is -0.646. The van der Waals surface area contributed by atoms with Crippen molar-refractivity contribution in [1.29, 1.82) is 0 Å². The number of carboxylic acid groups (broad SMARTS) is 1. The van der Waals surface area contributed by atoms with Crippen LogP contribution in [0.5, 0.6) is 11.5 Å². The van der Waals surface area contributed by atoms with E-state index in [-0.39, 0.29) is 69.2 Å². The van der Waals surface area contributed by atoms with Crippen molar-refractivity contribution in [3.8, 4) is 11.5 Å². The zero-order valence-corrected chi connectivity index (χ0v) is 22.3. The number of carbonyl (C=O) groups excluding carboxylic acids is 1. The number of aromatic nitrogens is 1. The van der Waals surface area contributed by atoms with Gasteiger partial charge in [-0.3, -0.25) is 0 Å². The van der Waals surface area contributed by atoms with Crippen LogP contribution in [0.15, 0.2) is 36.4 Å². The number of pyridine rings is 1. The molecule has 1 aromatic heterocycles. The minimum atomic E-state index is -1.29. The van der Waals surface area contributed by atoms with Crippen molar-refractivity contribution in [1.82, 2.24) is 4.98 Å². The van der Waals surface area contributed by atoms with Gasteiger partial charge in [-0.25, -0.2) is 4.98 Å². The maximum absolute atomic E-state index is 12.1. The van der Waals surface area contributed by atoms with Crippen molar-refractivity contribution in [2.45, 2.75) is 26.1 Å². The van der Waals surface area contributed by atoms with Crippen LogP contribution in [-0.4, -0.2) is 62.8 Å². The first-order valence-electron chi connectivity index (χ1n) is 10.7. The number of nitrogens with zero attached hydrogens (tertiary/aromatic N) is 1. The Hall–Kier alpha value is -1.30. The van der Waals surface area contributed by atoms with Gasteiger partial charge in [0.25, 0.3) is 0 Å². The Bertz CT molecular complexity index is 1030. The van der Waals surface area contributed by atoms with E-state index < -0.39 is 5.97 Å². The summed E-state index contributed by atoms with van der Waals surface area (Å²) < 4.78 is 28.9. The zero-order chi connectivity index (χ0) is 22.5. The molecule has 0 unspecified atom stereocenters. The van der Waals surface area contributed by atoms with Gasteiger partial charge >= 0.3 is 51.4 Å². The summed E-state index contributed by atoms with van der Waals surface area (Å²) in [6.07, 6.45) is -0.559. The average Bonchev–Trinajstić information content (AvgIpc) is 2.76. The number of carbonyl (C=O) groups is 1. The van der Waals surface area contributed by atoms with Crippen LogP contribution < -0.4 is 66.0 Å². The molecular weight excluding hydrogens is 453 g/mol. The molecule has 0 saturated heterocycles. The van der Waals surface area contributed by atoms with E-state index in [0.717, 1.165) is 0 Å². The van der Waals surface area contributed by atoms with E-state index in [2.05, 4.69) is 0 Å². The molecule has 0 saturated carbocycles. The molecule has 33 heavy (non-hydrogen) atoms. The molecule has 2 aromatic carbocycles. The van der Waals surface area contributed by atoms with Crippen molar-refractivity contribution < 1.29 is 85.0 Å². The van der Waals surface area contributed by atoms with Crippen molar-refractivity contribution in [3.05, 3.63) is 42.0 Å². The smallest absolute Gasteiger partial charge is 0.545 e. The normalized spacial score (nSPS) is 20.4. The first kappa shape index (κ1) is 26.3. The number of benzene rings is 2. The van der Waals surface area contributed by atoms with Crippen LogP contribution in [0.1, 0.15) is 24.2 Å². The Morgan fingerprint density at radius 1 is 0.818 bits per heavy atom. The summed E-state index contributed by atoms with van der Waals surface area (Å²) in [4.78, 5) is 16.9. The molecule has 0 amide bonds. The summed E-state index contributed by atoms with van der Waals surface area (Å²) in [5.74, 6) is -0.357. The summed E-state index contributed by atoms with van der Waals surface area (Å²) in [6.45, 7) is 6.24. The van der Waals surface area contributed by atoms with E-state index in [1.807, 2.05) is 13.8 Å². The molecule has 2 bridgehead atoms. The average molecular weight is 480 g/mol. The molecule has 0 radical (unpaired) electrons. The van der Waals surface area contributed by atoms with Gasteiger partial charge in [0.15, 0.2) is 0 Å². The molecule has 0 spiro atoms. The summed E-state index contributed by atoms with van der Waals surface area (Å²) in [6, 6.07) is 10.4. The quantitative estimate of drug-likeness (QED) is 0.336. The third-order valence-corrected chi connectivity index (χ3v) is 5.07. The molecule has 0 N–H and O–H groups in total. The van der Waals surface area contributed by atoms with Gasteiger partial charge in [0.2, 0.25) is 0 Å². The maximum atomic E-state index is 12.1. The largest absolute Gasteiger partial charge is 1.00 e. The molecule has 8 nitrogen and oxygen atoms in total. The minimum absolute atomic E-state index is 0. The van der Waals surface area contributed by atoms with E-state index in [0.29, 0.717) is 72.9 Å². The predicted molar refractivity (Wildman–Crippen MR) is 116 cm³/mol. The van der Waals surface area contributed by atoms with Crippen LogP contribution in [0, 0.1) is 0 Å². The number of aromatic carboxylic acids is 1. The molecule has 170 valence electrons. The van der Waals surface area contributed by atoms with Crippen molar-refractivity contribution in [2.24, 2.45) is 0 Å². The van der Waals surface area contributed by atoms with Crippen molar-refractivity contribution in [2.75, 3.05) is 39.6 Å². The first-order valence-corrected chi connectivity index (χ1v) is 10.7. The molecule has 2 heterocycles. The van der Waals surface area contributed by atoms with Crippen molar-refractivity contribution >= 4 is 27.8 Å². The fraction of sp³-hybridized carbons (Fsp3) is 0.417. The molecule has 1 aliphatic heterocycles. The maximum Gasteiger partial charge on any atom is 1.00 e. The molecule has 9 heteroatoms. The summed E-state index contributed by atoms with van der Waals surface area (Å²) in [5, 5.41) is 13.0. The van der Waals surface area contributed by atoms with Gasteiger partial charge < -0.3 is 33.6 Å². The number of hydrogen-bond donors (Lipinski definition) is 0. The van der Waals surface area contributed by atoms with Crippen LogP contribution in [0.4, 0.5) is 0 Å². The summed E-state index contributed by atoms with van der Waals surface area (Å²) in [7, 11) is 0. The third kappa shape index (κ3) is 6.43. The molecular formula is C24H26KNO7. The summed E-state index contributed by atoms with van der Waals surface area (Å²) in [5.41, 5.74) is 0.908. The minimum Gasteiger partial charge on any atom is -0.545 e. The second kappa shape index (κ2) is 12.4. The second-order valence-corrected chi connectivity index (χ2v) is 7.70. The van der Waals surface area contributed by atoms with Gasteiger partial charge in [0.05, 0.1) is 45.6 Å². The van der Waals surface area contributed by atoms with E-state index in [4.69, 9.17) is 28.7 Å².